The smallest absolute Gasteiger partial charge is 0.273 e. The number of benzene rings is 2. The summed E-state index contributed by atoms with van der Waals surface area (Å²) in [7, 11) is 1.55. The Bertz CT molecular complexity index is 1210. The third kappa shape index (κ3) is 5.78. The van der Waals surface area contributed by atoms with Crippen LogP contribution in [0.1, 0.15) is 56.6 Å². The summed E-state index contributed by atoms with van der Waals surface area (Å²) in [6.45, 7) is 6.40. The quantitative estimate of drug-likeness (QED) is 0.360. The van der Waals surface area contributed by atoms with Crippen molar-refractivity contribution in [1.29, 1.82) is 0 Å². The van der Waals surface area contributed by atoms with Crippen LogP contribution in [0.5, 0.6) is 11.5 Å². The predicted octanol–water partition coefficient (Wildman–Crippen LogP) is 6.32. The van der Waals surface area contributed by atoms with Crippen molar-refractivity contribution in [2.75, 3.05) is 19.0 Å². The minimum Gasteiger partial charge on any atom is -0.493 e. The van der Waals surface area contributed by atoms with Gasteiger partial charge in [-0.15, -0.1) is 0 Å². The van der Waals surface area contributed by atoms with Crippen molar-refractivity contribution in [2.24, 2.45) is 0 Å². The monoisotopic (exact) mass is 489 g/mol. The number of methoxy groups -OCH3 is 1. The van der Waals surface area contributed by atoms with Crippen molar-refractivity contribution in [3.63, 3.8) is 0 Å². The molecule has 0 amide bonds. The van der Waals surface area contributed by atoms with Crippen LogP contribution in [-0.2, 0) is 10.7 Å². The molecule has 1 aliphatic carbocycles. The lowest BCUT2D eigenvalue weighted by molar-refractivity contribution is 0.0135. The van der Waals surface area contributed by atoms with E-state index in [0.717, 1.165) is 18.9 Å². The van der Waals surface area contributed by atoms with Crippen LogP contribution in [0.4, 0.5) is 19.0 Å². The summed E-state index contributed by atoms with van der Waals surface area (Å²) in [5.41, 5.74) is 0.0767. The number of nitrogens with one attached hydrogen (secondary N) is 1. The summed E-state index contributed by atoms with van der Waals surface area (Å²) in [6.07, 6.45) is 2.38. The summed E-state index contributed by atoms with van der Waals surface area (Å²) >= 11 is 0. The average molecular weight is 490 g/mol. The highest BCUT2D eigenvalue weighted by Crippen LogP contribution is 2.37. The molecule has 2 aromatic carbocycles. The van der Waals surface area contributed by atoms with Crippen LogP contribution in [0.2, 0.25) is 0 Å². The lowest BCUT2D eigenvalue weighted by atomic mass is 10.0. The number of halogens is 3. The van der Waals surface area contributed by atoms with E-state index in [2.05, 4.69) is 15.3 Å². The number of anilines is 1. The molecule has 4 rings (SSSR count). The van der Waals surface area contributed by atoms with Gasteiger partial charge in [-0.1, -0.05) is 18.2 Å². The highest BCUT2D eigenvalue weighted by atomic mass is 19.3. The second kappa shape index (κ2) is 9.89. The zero-order chi connectivity index (χ0) is 25.3. The standard InChI is InChI=1S/C26H30F3N3O3/c1-14(35-17-9-10-17)13-34-23-11-19-21(12-22(23)33-5)31-16(3)32-25(19)30-15(2)18-7-6-8-20(24(18)27)26(4,28)29/h6-8,11-12,14-15,17H,9-10,13H2,1-5H3,(H,30,31,32)/t14-,15-/m1/s1. The van der Waals surface area contributed by atoms with Crippen LogP contribution in [0.25, 0.3) is 10.9 Å². The molecule has 9 heteroatoms. The molecule has 1 aromatic heterocycles. The molecule has 1 N–H and O–H groups in total. The van der Waals surface area contributed by atoms with Gasteiger partial charge in [-0.25, -0.2) is 23.1 Å². The van der Waals surface area contributed by atoms with E-state index in [1.807, 2.05) is 6.92 Å². The molecule has 0 radical (unpaired) electrons. The molecule has 0 spiro atoms. The Kier molecular flexibility index (Phi) is 7.07. The van der Waals surface area contributed by atoms with Crippen molar-refractivity contribution >= 4 is 16.7 Å². The summed E-state index contributed by atoms with van der Waals surface area (Å²) in [5, 5.41) is 3.80. The van der Waals surface area contributed by atoms with Crippen molar-refractivity contribution in [2.45, 2.75) is 64.7 Å². The first-order chi connectivity index (χ1) is 16.6. The maximum absolute atomic E-state index is 14.9. The van der Waals surface area contributed by atoms with Gasteiger partial charge in [-0.05, 0) is 39.7 Å². The van der Waals surface area contributed by atoms with Crippen LogP contribution in [0, 0.1) is 12.7 Å². The maximum Gasteiger partial charge on any atom is 0.273 e. The van der Waals surface area contributed by atoms with Crippen LogP contribution < -0.4 is 14.8 Å². The molecule has 188 valence electrons. The fourth-order valence-corrected chi connectivity index (χ4v) is 3.92. The largest absolute Gasteiger partial charge is 0.493 e. The lowest BCUT2D eigenvalue weighted by Gasteiger charge is -2.21. The van der Waals surface area contributed by atoms with Gasteiger partial charge in [0.25, 0.3) is 5.92 Å². The molecule has 0 bridgehead atoms. The number of fused-ring (bicyclic) bond motifs is 1. The van der Waals surface area contributed by atoms with E-state index < -0.39 is 23.3 Å². The second-order valence-corrected chi connectivity index (χ2v) is 9.06. The Morgan fingerprint density at radius 1 is 1.14 bits per heavy atom. The average Bonchev–Trinajstić information content (AvgIpc) is 3.60. The predicted molar refractivity (Wildman–Crippen MR) is 128 cm³/mol. The van der Waals surface area contributed by atoms with Gasteiger partial charge in [-0.2, -0.15) is 0 Å². The minimum atomic E-state index is -3.29. The van der Waals surface area contributed by atoms with E-state index in [1.54, 1.807) is 33.1 Å². The molecule has 1 aliphatic rings. The van der Waals surface area contributed by atoms with Crippen molar-refractivity contribution in [3.8, 4) is 11.5 Å². The number of alkyl halides is 2. The molecule has 1 heterocycles. The van der Waals surface area contributed by atoms with Crippen LogP contribution in [0.15, 0.2) is 30.3 Å². The summed E-state index contributed by atoms with van der Waals surface area (Å²) in [5.74, 6) is -2.30. The number of aryl methyl sites for hydroxylation is 1. The Balaban J connectivity index is 1.65. The first kappa shape index (κ1) is 25.0. The highest BCUT2D eigenvalue weighted by molar-refractivity contribution is 5.92. The third-order valence-electron chi connectivity index (χ3n) is 5.84. The molecule has 1 saturated carbocycles. The van der Waals surface area contributed by atoms with Gasteiger partial charge < -0.3 is 19.5 Å². The second-order valence-electron chi connectivity index (χ2n) is 9.06. The summed E-state index contributed by atoms with van der Waals surface area (Å²) < 4.78 is 60.0. The van der Waals surface area contributed by atoms with Crippen molar-refractivity contribution in [1.82, 2.24) is 9.97 Å². The van der Waals surface area contributed by atoms with Gasteiger partial charge in [0, 0.05) is 23.9 Å². The highest BCUT2D eigenvalue weighted by Gasteiger charge is 2.30. The first-order valence-electron chi connectivity index (χ1n) is 11.6. The van der Waals surface area contributed by atoms with Crippen LogP contribution in [0.3, 0.4) is 0 Å². The maximum atomic E-state index is 14.9. The van der Waals surface area contributed by atoms with E-state index >= 15 is 0 Å². The molecule has 0 saturated heterocycles. The lowest BCUT2D eigenvalue weighted by Crippen LogP contribution is -2.19. The van der Waals surface area contributed by atoms with E-state index in [4.69, 9.17) is 14.2 Å². The summed E-state index contributed by atoms with van der Waals surface area (Å²) in [6, 6.07) is 6.87. The topological polar surface area (TPSA) is 65.5 Å². The zero-order valence-electron chi connectivity index (χ0n) is 20.5. The molecular formula is C26H30F3N3O3. The SMILES string of the molecule is COc1cc2nc(C)nc(N[C@H](C)c3cccc(C(C)(F)F)c3F)c2cc1OC[C@@H](C)OC1CC1. The molecule has 0 unspecified atom stereocenters. The number of hydrogen-bond donors (Lipinski definition) is 1. The molecule has 0 aliphatic heterocycles. The Hall–Kier alpha value is -3.07. The normalized spacial score (nSPS) is 15.7. The fourth-order valence-electron chi connectivity index (χ4n) is 3.92. The van der Waals surface area contributed by atoms with Gasteiger partial charge in [0.1, 0.15) is 24.1 Å². The number of ether oxygens (including phenoxy) is 3. The van der Waals surface area contributed by atoms with E-state index in [0.29, 0.717) is 53.7 Å². The van der Waals surface area contributed by atoms with Crippen LogP contribution >= 0.6 is 0 Å². The van der Waals surface area contributed by atoms with E-state index in [9.17, 15) is 13.2 Å². The van der Waals surface area contributed by atoms with Gasteiger partial charge in [0.2, 0.25) is 0 Å². The zero-order valence-corrected chi connectivity index (χ0v) is 20.5. The van der Waals surface area contributed by atoms with Gasteiger partial charge in [0.05, 0.1) is 36.4 Å². The number of rotatable bonds is 10. The molecule has 2 atom stereocenters. The van der Waals surface area contributed by atoms with Crippen molar-refractivity contribution in [3.05, 3.63) is 53.1 Å². The Morgan fingerprint density at radius 2 is 1.89 bits per heavy atom. The molecule has 6 nitrogen and oxygen atoms in total. The number of hydrogen-bond acceptors (Lipinski definition) is 6. The van der Waals surface area contributed by atoms with E-state index in [-0.39, 0.29) is 11.7 Å². The van der Waals surface area contributed by atoms with Crippen LogP contribution in [-0.4, -0.2) is 35.9 Å². The Labute approximate surface area is 202 Å². The molecule has 3 aromatic rings. The number of nitrogens with zero attached hydrogens (tertiary/aromatic N) is 2. The van der Waals surface area contributed by atoms with Gasteiger partial charge in [-0.3, -0.25) is 0 Å². The fraction of sp³-hybridized carbons (Fsp3) is 0.462. The number of aromatic nitrogens is 2. The molecule has 35 heavy (non-hydrogen) atoms. The van der Waals surface area contributed by atoms with Crippen molar-refractivity contribution < 1.29 is 27.4 Å². The van der Waals surface area contributed by atoms with Gasteiger partial charge >= 0.3 is 0 Å². The Morgan fingerprint density at radius 3 is 2.54 bits per heavy atom. The molecular weight excluding hydrogens is 459 g/mol. The summed E-state index contributed by atoms with van der Waals surface area (Å²) in [4.78, 5) is 8.98. The first-order valence-corrected chi connectivity index (χ1v) is 11.6. The third-order valence-corrected chi connectivity index (χ3v) is 5.84. The minimum absolute atomic E-state index is 0.0817. The molecule has 1 fully saturated rings. The van der Waals surface area contributed by atoms with Gasteiger partial charge in [0.15, 0.2) is 11.5 Å². The van der Waals surface area contributed by atoms with E-state index in [1.165, 1.54) is 12.1 Å².